The molecule has 1 fully saturated rings. The molecule has 0 bridgehead atoms. The Kier molecular flexibility index (Phi) is 8.79. The Morgan fingerprint density at radius 1 is 1.11 bits per heavy atom. The molecular formula is C23H23F3N4O5. The maximum Gasteiger partial charge on any atom is 0.416 e. The highest BCUT2D eigenvalue weighted by Gasteiger charge is 2.30. The molecule has 2 aromatic rings. The van der Waals surface area contributed by atoms with Crippen molar-refractivity contribution >= 4 is 29.6 Å². The van der Waals surface area contributed by atoms with Crippen LogP contribution in [0.15, 0.2) is 53.6 Å². The van der Waals surface area contributed by atoms with Crippen molar-refractivity contribution in [2.45, 2.75) is 25.1 Å². The first-order chi connectivity index (χ1) is 16.7. The van der Waals surface area contributed by atoms with E-state index in [1.807, 2.05) is 0 Å². The largest absolute Gasteiger partial charge is 0.484 e. The Morgan fingerprint density at radius 2 is 1.91 bits per heavy atom. The third-order valence-electron chi connectivity index (χ3n) is 4.80. The number of carbonyl (C=O) groups excluding carboxylic acids is 3. The highest BCUT2D eigenvalue weighted by atomic mass is 19.4. The van der Waals surface area contributed by atoms with Gasteiger partial charge in [0.1, 0.15) is 5.75 Å². The number of alkyl halides is 3. The SMILES string of the molecule is O=C(COc1cccc(/C=N\NC(=O)C(=O)NC[C@H]2CCCO2)c1)Nc1cccc(C(F)(F)F)c1. The van der Waals surface area contributed by atoms with Crippen molar-refractivity contribution in [1.29, 1.82) is 0 Å². The van der Waals surface area contributed by atoms with Gasteiger partial charge in [-0.3, -0.25) is 14.4 Å². The van der Waals surface area contributed by atoms with Crippen molar-refractivity contribution in [3.05, 3.63) is 59.7 Å². The summed E-state index contributed by atoms with van der Waals surface area (Å²) in [5.41, 5.74) is 1.72. The second-order valence-corrected chi connectivity index (χ2v) is 7.53. The molecule has 3 rings (SSSR count). The Balaban J connectivity index is 1.44. The monoisotopic (exact) mass is 492 g/mol. The molecule has 0 spiro atoms. The van der Waals surface area contributed by atoms with Crippen LogP contribution in [0.3, 0.4) is 0 Å². The molecule has 0 aromatic heterocycles. The molecular weight excluding hydrogens is 469 g/mol. The normalized spacial score (nSPS) is 15.6. The first kappa shape index (κ1) is 25.7. The summed E-state index contributed by atoms with van der Waals surface area (Å²) in [5, 5.41) is 8.53. The van der Waals surface area contributed by atoms with Gasteiger partial charge in [0.2, 0.25) is 0 Å². The first-order valence-corrected chi connectivity index (χ1v) is 10.6. The van der Waals surface area contributed by atoms with Gasteiger partial charge >= 0.3 is 18.0 Å². The average molecular weight is 492 g/mol. The minimum absolute atomic E-state index is 0.00939. The number of hydrogen-bond acceptors (Lipinski definition) is 6. The summed E-state index contributed by atoms with van der Waals surface area (Å²) in [5.74, 6) is -2.13. The number of carbonyl (C=O) groups is 3. The van der Waals surface area contributed by atoms with Crippen molar-refractivity contribution in [1.82, 2.24) is 10.7 Å². The van der Waals surface area contributed by atoms with Crippen molar-refractivity contribution < 1.29 is 37.0 Å². The van der Waals surface area contributed by atoms with Crippen LogP contribution in [0.25, 0.3) is 0 Å². The predicted molar refractivity (Wildman–Crippen MR) is 120 cm³/mol. The Bertz CT molecular complexity index is 1080. The molecule has 1 atom stereocenters. The lowest BCUT2D eigenvalue weighted by atomic mass is 10.2. The fourth-order valence-electron chi connectivity index (χ4n) is 3.11. The molecule has 0 saturated carbocycles. The minimum Gasteiger partial charge on any atom is -0.484 e. The van der Waals surface area contributed by atoms with Crippen LogP contribution in [0.1, 0.15) is 24.0 Å². The number of hydrogen-bond donors (Lipinski definition) is 3. The number of ether oxygens (including phenoxy) is 2. The number of nitrogens with zero attached hydrogens (tertiary/aromatic N) is 1. The standard InChI is InChI=1S/C23H23F3N4O5/c24-23(25,26)16-5-2-6-17(11-16)29-20(31)14-35-18-7-1-4-15(10-18)12-28-30-22(33)21(32)27-13-19-8-3-9-34-19/h1-2,4-7,10-12,19H,3,8-9,13-14H2,(H,27,32)(H,29,31)(H,30,33)/b28-12-/t19-/m1/s1. The highest BCUT2D eigenvalue weighted by molar-refractivity contribution is 6.35. The number of anilines is 1. The van der Waals surface area contributed by atoms with Gasteiger partial charge in [-0.1, -0.05) is 18.2 Å². The summed E-state index contributed by atoms with van der Waals surface area (Å²) in [6, 6.07) is 10.6. The zero-order valence-corrected chi connectivity index (χ0v) is 18.4. The molecule has 1 aliphatic heterocycles. The van der Waals surface area contributed by atoms with E-state index in [-0.39, 0.29) is 24.1 Å². The summed E-state index contributed by atoms with van der Waals surface area (Å²) in [7, 11) is 0. The van der Waals surface area contributed by atoms with Crippen LogP contribution in [0.2, 0.25) is 0 Å². The zero-order chi connectivity index (χ0) is 25.3. The van der Waals surface area contributed by atoms with E-state index in [1.165, 1.54) is 24.4 Å². The van der Waals surface area contributed by atoms with Crippen LogP contribution in [-0.4, -0.2) is 49.8 Å². The summed E-state index contributed by atoms with van der Waals surface area (Å²) in [6.45, 7) is 0.440. The van der Waals surface area contributed by atoms with E-state index < -0.39 is 36.1 Å². The van der Waals surface area contributed by atoms with Gasteiger partial charge in [0.25, 0.3) is 5.91 Å². The Hall–Kier alpha value is -3.93. The van der Waals surface area contributed by atoms with Crippen molar-refractivity contribution in [3.8, 4) is 5.75 Å². The van der Waals surface area contributed by atoms with Crippen LogP contribution < -0.4 is 20.8 Å². The van der Waals surface area contributed by atoms with E-state index in [9.17, 15) is 27.6 Å². The van der Waals surface area contributed by atoms with E-state index in [1.54, 1.807) is 18.2 Å². The third-order valence-corrected chi connectivity index (χ3v) is 4.80. The Labute approximate surface area is 198 Å². The van der Waals surface area contributed by atoms with Crippen LogP contribution >= 0.6 is 0 Å². The van der Waals surface area contributed by atoms with Gasteiger partial charge in [0, 0.05) is 18.8 Å². The topological polar surface area (TPSA) is 118 Å². The zero-order valence-electron chi connectivity index (χ0n) is 18.4. The van der Waals surface area contributed by atoms with E-state index in [0.717, 1.165) is 25.0 Å². The van der Waals surface area contributed by atoms with Crippen molar-refractivity contribution in [2.24, 2.45) is 5.10 Å². The maximum atomic E-state index is 12.8. The first-order valence-electron chi connectivity index (χ1n) is 10.6. The lowest BCUT2D eigenvalue weighted by Crippen LogP contribution is -2.41. The number of benzene rings is 2. The summed E-state index contributed by atoms with van der Waals surface area (Å²) in [4.78, 5) is 35.6. The van der Waals surface area contributed by atoms with Crippen LogP contribution in [-0.2, 0) is 25.3 Å². The molecule has 1 saturated heterocycles. The molecule has 1 aliphatic rings. The highest BCUT2D eigenvalue weighted by Crippen LogP contribution is 2.30. The predicted octanol–water partition coefficient (Wildman–Crippen LogP) is 2.47. The molecule has 3 N–H and O–H groups in total. The molecule has 35 heavy (non-hydrogen) atoms. The Morgan fingerprint density at radius 3 is 2.66 bits per heavy atom. The molecule has 0 radical (unpaired) electrons. The lowest BCUT2D eigenvalue weighted by molar-refractivity contribution is -0.139. The lowest BCUT2D eigenvalue weighted by Gasteiger charge is -2.10. The van der Waals surface area contributed by atoms with Gasteiger partial charge in [0.05, 0.1) is 17.9 Å². The maximum absolute atomic E-state index is 12.8. The third kappa shape index (κ3) is 8.41. The van der Waals surface area contributed by atoms with Crippen LogP contribution in [0.5, 0.6) is 5.75 Å². The van der Waals surface area contributed by atoms with Gasteiger partial charge in [0.15, 0.2) is 6.61 Å². The molecule has 0 unspecified atom stereocenters. The molecule has 12 heteroatoms. The molecule has 9 nitrogen and oxygen atoms in total. The molecule has 186 valence electrons. The van der Waals surface area contributed by atoms with E-state index >= 15 is 0 Å². The van der Waals surface area contributed by atoms with Gasteiger partial charge in [-0.2, -0.15) is 18.3 Å². The number of hydrazone groups is 1. The molecule has 1 heterocycles. The van der Waals surface area contributed by atoms with Gasteiger partial charge < -0.3 is 20.1 Å². The second kappa shape index (κ2) is 12.0. The molecule has 0 aliphatic carbocycles. The van der Waals surface area contributed by atoms with Crippen molar-refractivity contribution in [3.63, 3.8) is 0 Å². The number of halogens is 3. The summed E-state index contributed by atoms with van der Waals surface area (Å²) < 4.78 is 49.1. The quantitative estimate of drug-likeness (QED) is 0.297. The summed E-state index contributed by atoms with van der Waals surface area (Å²) in [6.07, 6.45) is -1.59. The van der Waals surface area contributed by atoms with Crippen LogP contribution in [0.4, 0.5) is 18.9 Å². The fraction of sp³-hybridized carbons (Fsp3) is 0.304. The number of rotatable bonds is 8. The van der Waals surface area contributed by atoms with E-state index in [0.29, 0.717) is 12.2 Å². The van der Waals surface area contributed by atoms with E-state index in [2.05, 4.69) is 21.2 Å². The number of amides is 3. The molecule has 3 amide bonds. The van der Waals surface area contributed by atoms with Crippen molar-refractivity contribution in [2.75, 3.05) is 25.1 Å². The fourth-order valence-corrected chi connectivity index (χ4v) is 3.11. The second-order valence-electron chi connectivity index (χ2n) is 7.53. The minimum atomic E-state index is -4.52. The van der Waals surface area contributed by atoms with Gasteiger partial charge in [-0.05, 0) is 48.7 Å². The average Bonchev–Trinajstić information content (AvgIpc) is 3.35. The van der Waals surface area contributed by atoms with Gasteiger partial charge in [-0.25, -0.2) is 5.43 Å². The van der Waals surface area contributed by atoms with Gasteiger partial charge in [-0.15, -0.1) is 0 Å². The smallest absolute Gasteiger partial charge is 0.416 e. The summed E-state index contributed by atoms with van der Waals surface area (Å²) >= 11 is 0. The molecule has 2 aromatic carbocycles. The number of nitrogens with one attached hydrogen (secondary N) is 3. The van der Waals surface area contributed by atoms with Crippen LogP contribution in [0, 0.1) is 0 Å². The van der Waals surface area contributed by atoms with E-state index in [4.69, 9.17) is 9.47 Å².